The van der Waals surface area contributed by atoms with E-state index in [1.54, 1.807) is 30.3 Å². The van der Waals surface area contributed by atoms with Gasteiger partial charge in [0.1, 0.15) is 17.1 Å². The third-order valence-corrected chi connectivity index (χ3v) is 4.26. The summed E-state index contributed by atoms with van der Waals surface area (Å²) in [6.07, 6.45) is 0. The minimum atomic E-state index is -1.62. The Hall–Kier alpha value is -4.21. The van der Waals surface area contributed by atoms with Gasteiger partial charge in [-0.25, -0.2) is 18.7 Å². The Labute approximate surface area is 166 Å². The predicted molar refractivity (Wildman–Crippen MR) is 102 cm³/mol. The molecule has 0 atom stereocenters. The molecule has 0 fully saturated rings. The van der Waals surface area contributed by atoms with Gasteiger partial charge in [0, 0.05) is 17.7 Å². The lowest BCUT2D eigenvalue weighted by Crippen LogP contribution is -2.05. The molecular weight excluding hydrogens is 401 g/mol. The lowest BCUT2D eigenvalue weighted by molar-refractivity contribution is -0.384. The largest absolute Gasteiger partial charge is 0.451 e. The van der Waals surface area contributed by atoms with E-state index >= 15 is 4.39 Å². The first-order chi connectivity index (χ1) is 14.4. The molecule has 2 N–H and O–H groups in total. The van der Waals surface area contributed by atoms with Gasteiger partial charge in [0.25, 0.3) is 5.69 Å². The van der Waals surface area contributed by atoms with Crippen molar-refractivity contribution in [3.05, 3.63) is 82.2 Å². The number of fused-ring (bicyclic) bond motifs is 1. The number of rotatable bonds is 4. The summed E-state index contributed by atoms with van der Waals surface area (Å²) in [7, 11) is 0. The molecule has 1 aromatic heterocycles. The van der Waals surface area contributed by atoms with Crippen molar-refractivity contribution in [2.45, 2.75) is 0 Å². The van der Waals surface area contributed by atoms with Crippen molar-refractivity contribution >= 4 is 22.4 Å². The molecule has 7 nitrogen and oxygen atoms in total. The smallest absolute Gasteiger partial charge is 0.269 e. The van der Waals surface area contributed by atoms with Crippen LogP contribution in [0.1, 0.15) is 0 Å². The Kier molecular flexibility index (Phi) is 4.66. The summed E-state index contributed by atoms with van der Waals surface area (Å²) in [4.78, 5) is 18.0. The van der Waals surface area contributed by atoms with E-state index in [9.17, 15) is 18.9 Å². The maximum absolute atomic E-state index is 15.1. The zero-order valence-corrected chi connectivity index (χ0v) is 15.0. The van der Waals surface area contributed by atoms with Crippen LogP contribution in [-0.4, -0.2) is 14.9 Å². The van der Waals surface area contributed by atoms with Gasteiger partial charge in [-0.05, 0) is 12.1 Å². The quantitative estimate of drug-likeness (QED) is 0.287. The number of anilines is 1. The first kappa shape index (κ1) is 19.1. The fraction of sp³-hybridized carbons (Fsp3) is 0. The third-order valence-electron chi connectivity index (χ3n) is 4.26. The highest BCUT2D eigenvalue weighted by atomic mass is 19.2. The molecule has 0 amide bonds. The second-order valence-corrected chi connectivity index (χ2v) is 6.15. The van der Waals surface area contributed by atoms with Gasteiger partial charge < -0.3 is 10.5 Å². The first-order valence-electron chi connectivity index (χ1n) is 8.48. The molecule has 0 spiro atoms. The Morgan fingerprint density at radius 3 is 2.20 bits per heavy atom. The highest BCUT2D eigenvalue weighted by Gasteiger charge is 2.26. The number of nitro benzene ring substituents is 1. The summed E-state index contributed by atoms with van der Waals surface area (Å²) in [5.41, 5.74) is 5.44. The Morgan fingerprint density at radius 1 is 0.900 bits per heavy atom. The lowest BCUT2D eigenvalue weighted by Gasteiger charge is -2.13. The number of nitrogen functional groups attached to an aromatic ring is 1. The molecule has 0 bridgehead atoms. The monoisotopic (exact) mass is 412 g/mol. The lowest BCUT2D eigenvalue weighted by atomic mass is 10.1. The van der Waals surface area contributed by atoms with Crippen LogP contribution < -0.4 is 10.5 Å². The second kappa shape index (κ2) is 7.32. The highest BCUT2D eigenvalue weighted by Crippen LogP contribution is 2.37. The third kappa shape index (κ3) is 3.24. The second-order valence-electron chi connectivity index (χ2n) is 6.15. The van der Waals surface area contributed by atoms with Crippen molar-refractivity contribution in [2.24, 2.45) is 0 Å². The number of nitro groups is 1. The fourth-order valence-electron chi connectivity index (χ4n) is 2.83. The van der Waals surface area contributed by atoms with E-state index < -0.39 is 44.8 Å². The van der Waals surface area contributed by atoms with Crippen molar-refractivity contribution in [2.75, 3.05) is 5.73 Å². The fourth-order valence-corrected chi connectivity index (χ4v) is 2.83. The molecule has 0 radical (unpaired) electrons. The molecule has 4 aromatic rings. The van der Waals surface area contributed by atoms with Gasteiger partial charge in [0.15, 0.2) is 17.5 Å². The number of nitrogens with zero attached hydrogens (tertiary/aromatic N) is 3. The van der Waals surface area contributed by atoms with E-state index in [4.69, 9.17) is 10.5 Å². The molecule has 0 aliphatic heterocycles. The normalized spacial score (nSPS) is 10.9. The van der Waals surface area contributed by atoms with Crippen LogP contribution >= 0.6 is 0 Å². The number of non-ortho nitro benzene ring substituents is 1. The minimum absolute atomic E-state index is 0.0202. The molecule has 0 unspecified atom stereocenters. The van der Waals surface area contributed by atoms with Crippen LogP contribution in [0.5, 0.6) is 11.5 Å². The molecule has 0 saturated heterocycles. The van der Waals surface area contributed by atoms with E-state index in [0.29, 0.717) is 5.56 Å². The maximum Gasteiger partial charge on any atom is 0.269 e. The average molecular weight is 412 g/mol. The summed E-state index contributed by atoms with van der Waals surface area (Å²) < 4.78 is 49.4. The van der Waals surface area contributed by atoms with Crippen LogP contribution in [0.25, 0.3) is 22.3 Å². The Balaban J connectivity index is 1.87. The van der Waals surface area contributed by atoms with Gasteiger partial charge in [-0.1, -0.05) is 30.3 Å². The van der Waals surface area contributed by atoms with Crippen molar-refractivity contribution in [1.82, 2.24) is 9.97 Å². The standard InChI is InChI=1S/C20H11F3N4O3/c21-14-13-17(25-20(26-19(13)24)10-4-2-1-3-5-10)16(23)18(15(14)22)30-12-8-6-11(7-9-12)27(28)29/h1-9H,(H2,24,25,26). The summed E-state index contributed by atoms with van der Waals surface area (Å²) in [6.45, 7) is 0. The van der Waals surface area contributed by atoms with E-state index in [1.807, 2.05) is 0 Å². The zero-order valence-electron chi connectivity index (χ0n) is 15.0. The van der Waals surface area contributed by atoms with Gasteiger partial charge in [-0.15, -0.1) is 0 Å². The van der Waals surface area contributed by atoms with E-state index in [1.165, 1.54) is 0 Å². The number of nitrogens with two attached hydrogens (primary N) is 1. The molecule has 0 aliphatic carbocycles. The molecular formula is C20H11F3N4O3. The van der Waals surface area contributed by atoms with Crippen LogP contribution in [0, 0.1) is 27.6 Å². The molecule has 10 heteroatoms. The van der Waals surface area contributed by atoms with Crippen LogP contribution in [0.15, 0.2) is 54.6 Å². The van der Waals surface area contributed by atoms with Crippen LogP contribution in [0.2, 0.25) is 0 Å². The Bertz CT molecular complexity index is 1280. The van der Waals surface area contributed by atoms with Crippen molar-refractivity contribution in [3.8, 4) is 22.9 Å². The number of aromatic nitrogens is 2. The molecule has 3 aromatic carbocycles. The van der Waals surface area contributed by atoms with E-state index in [2.05, 4.69) is 9.97 Å². The highest BCUT2D eigenvalue weighted by molar-refractivity contribution is 5.92. The predicted octanol–water partition coefficient (Wildman–Crippen LogP) is 5.00. The van der Waals surface area contributed by atoms with Gasteiger partial charge in [-0.3, -0.25) is 10.1 Å². The molecule has 1 heterocycles. The van der Waals surface area contributed by atoms with Crippen molar-refractivity contribution in [3.63, 3.8) is 0 Å². The zero-order chi connectivity index (χ0) is 21.4. The van der Waals surface area contributed by atoms with Crippen molar-refractivity contribution < 1.29 is 22.8 Å². The number of halogens is 3. The van der Waals surface area contributed by atoms with Crippen LogP contribution in [-0.2, 0) is 0 Å². The minimum Gasteiger partial charge on any atom is -0.451 e. The molecule has 4 rings (SSSR count). The SMILES string of the molecule is Nc1nc(-c2ccccc2)nc2c(F)c(Oc3ccc([N+](=O)[O-])cc3)c(F)c(F)c12. The van der Waals surface area contributed by atoms with Crippen LogP contribution in [0.3, 0.4) is 0 Å². The topological polar surface area (TPSA) is 104 Å². The average Bonchev–Trinajstić information content (AvgIpc) is 2.75. The molecule has 30 heavy (non-hydrogen) atoms. The molecule has 150 valence electrons. The van der Waals surface area contributed by atoms with Gasteiger partial charge in [-0.2, -0.15) is 4.39 Å². The first-order valence-corrected chi connectivity index (χ1v) is 8.48. The number of ether oxygens (including phenoxy) is 1. The maximum atomic E-state index is 15.1. The van der Waals surface area contributed by atoms with Crippen molar-refractivity contribution in [1.29, 1.82) is 0 Å². The van der Waals surface area contributed by atoms with Gasteiger partial charge in [0.2, 0.25) is 11.6 Å². The summed E-state index contributed by atoms with van der Waals surface area (Å²) in [6, 6.07) is 12.9. The number of hydrogen-bond donors (Lipinski definition) is 1. The summed E-state index contributed by atoms with van der Waals surface area (Å²) in [5.74, 6) is -5.98. The molecule has 0 aliphatic rings. The van der Waals surface area contributed by atoms with E-state index in [0.717, 1.165) is 24.3 Å². The summed E-state index contributed by atoms with van der Waals surface area (Å²) >= 11 is 0. The Morgan fingerprint density at radius 2 is 1.57 bits per heavy atom. The summed E-state index contributed by atoms with van der Waals surface area (Å²) in [5, 5.41) is 10.1. The van der Waals surface area contributed by atoms with Gasteiger partial charge in [0.05, 0.1) is 10.3 Å². The van der Waals surface area contributed by atoms with Gasteiger partial charge >= 0.3 is 0 Å². The molecule has 0 saturated carbocycles. The number of benzene rings is 3. The van der Waals surface area contributed by atoms with E-state index in [-0.39, 0.29) is 17.3 Å². The van der Waals surface area contributed by atoms with Crippen LogP contribution in [0.4, 0.5) is 24.7 Å². The number of hydrogen-bond acceptors (Lipinski definition) is 6.